The molecule has 1 aliphatic heterocycles. The van der Waals surface area contributed by atoms with E-state index in [0.717, 1.165) is 47.4 Å². The predicted molar refractivity (Wildman–Crippen MR) is 135 cm³/mol. The lowest BCUT2D eigenvalue weighted by molar-refractivity contribution is -0.151. The Morgan fingerprint density at radius 1 is 1.11 bits per heavy atom. The number of hydrogen-bond acceptors (Lipinski definition) is 6. The zero-order valence-electron chi connectivity index (χ0n) is 19.5. The first kappa shape index (κ1) is 22.3. The lowest BCUT2D eigenvalue weighted by Crippen LogP contribution is -2.51. The first-order valence-electron chi connectivity index (χ1n) is 12.0. The third-order valence-corrected chi connectivity index (χ3v) is 8.29. The van der Waals surface area contributed by atoms with Crippen LogP contribution in [0.4, 0.5) is 4.39 Å². The van der Waals surface area contributed by atoms with Crippen LogP contribution < -0.4 is 0 Å². The molecule has 0 amide bonds. The van der Waals surface area contributed by atoms with E-state index in [0.29, 0.717) is 23.7 Å². The van der Waals surface area contributed by atoms with Crippen LogP contribution >= 0.6 is 11.3 Å². The smallest absolute Gasteiger partial charge is 0.311 e. The van der Waals surface area contributed by atoms with Gasteiger partial charge in [-0.1, -0.05) is 47.7 Å². The summed E-state index contributed by atoms with van der Waals surface area (Å²) in [5, 5.41) is 0.655. The third kappa shape index (κ3) is 4.13. The summed E-state index contributed by atoms with van der Waals surface area (Å²) in [7, 11) is 1.42. The second-order valence-corrected chi connectivity index (χ2v) is 10.5. The van der Waals surface area contributed by atoms with E-state index < -0.39 is 0 Å². The number of esters is 1. The van der Waals surface area contributed by atoms with Crippen molar-refractivity contribution in [1.82, 2.24) is 14.9 Å². The van der Waals surface area contributed by atoms with Gasteiger partial charge in [0.1, 0.15) is 21.2 Å². The Morgan fingerprint density at radius 2 is 1.91 bits per heavy atom. The van der Waals surface area contributed by atoms with Crippen LogP contribution in [-0.2, 0) is 21.4 Å². The number of aromatic nitrogens is 2. The first-order chi connectivity index (χ1) is 17.1. The highest BCUT2D eigenvalue weighted by molar-refractivity contribution is 7.21. The molecule has 1 saturated carbocycles. The number of methoxy groups -OCH3 is 1. The lowest BCUT2D eigenvalue weighted by Gasteiger charge is -2.37. The zero-order chi connectivity index (χ0) is 24.0. The Labute approximate surface area is 207 Å². The van der Waals surface area contributed by atoms with Gasteiger partial charge in [-0.05, 0) is 54.7 Å². The molecule has 178 valence electrons. The largest absolute Gasteiger partial charge is 0.469 e. The Kier molecular flexibility index (Phi) is 5.61. The number of likely N-dealkylation sites (tertiary alicyclic amines) is 1. The van der Waals surface area contributed by atoms with E-state index in [4.69, 9.17) is 9.72 Å². The Bertz CT molecular complexity index is 1390. The summed E-state index contributed by atoms with van der Waals surface area (Å²) >= 11 is 1.45. The molecular weight excluding hydrogens is 461 g/mol. The number of fused-ring (bicyclic) bond motifs is 1. The number of carbonyl (C=O) groups excluding carboxylic acids is 1. The predicted octanol–water partition coefficient (Wildman–Crippen LogP) is 5.22. The minimum Gasteiger partial charge on any atom is -0.469 e. The zero-order valence-corrected chi connectivity index (χ0v) is 20.4. The molecule has 0 unspecified atom stereocenters. The number of hydrogen-bond donors (Lipinski definition) is 0. The molecule has 1 aliphatic carbocycles. The molecule has 2 aliphatic rings. The molecule has 2 aromatic heterocycles. The van der Waals surface area contributed by atoms with E-state index in [1.54, 1.807) is 6.07 Å². The fourth-order valence-corrected chi connectivity index (χ4v) is 5.98. The van der Waals surface area contributed by atoms with Gasteiger partial charge in [-0.2, -0.15) is 0 Å². The number of thiazole rings is 1. The Balaban J connectivity index is 1.18. The van der Waals surface area contributed by atoms with Crippen molar-refractivity contribution in [3.63, 3.8) is 0 Å². The molecule has 4 aromatic rings. The van der Waals surface area contributed by atoms with Crippen molar-refractivity contribution >= 4 is 27.7 Å². The quantitative estimate of drug-likeness (QED) is 0.335. The fourth-order valence-electron chi connectivity index (χ4n) is 5.02. The average molecular weight is 488 g/mol. The summed E-state index contributed by atoms with van der Waals surface area (Å²) in [4.78, 5) is 24.2. The number of ether oxygens (including phenoxy) is 1. The van der Waals surface area contributed by atoms with E-state index >= 15 is 4.39 Å². The van der Waals surface area contributed by atoms with Crippen molar-refractivity contribution in [2.45, 2.75) is 24.7 Å². The molecular formula is C28H26FN3O2S. The van der Waals surface area contributed by atoms with Crippen LogP contribution in [0.5, 0.6) is 0 Å². The second-order valence-electron chi connectivity index (χ2n) is 9.53. The monoisotopic (exact) mass is 487 g/mol. The van der Waals surface area contributed by atoms with Gasteiger partial charge in [-0.25, -0.2) is 14.4 Å². The Hall–Kier alpha value is -3.16. The van der Waals surface area contributed by atoms with Gasteiger partial charge in [0.15, 0.2) is 0 Å². The van der Waals surface area contributed by atoms with E-state index in [1.807, 2.05) is 24.3 Å². The summed E-state index contributed by atoms with van der Waals surface area (Å²) in [6.45, 7) is 2.21. The topological polar surface area (TPSA) is 55.3 Å². The van der Waals surface area contributed by atoms with Crippen LogP contribution in [0.2, 0.25) is 0 Å². The van der Waals surface area contributed by atoms with E-state index in [1.165, 1.54) is 24.0 Å². The average Bonchev–Trinajstić information content (AvgIpc) is 3.56. The van der Waals surface area contributed by atoms with Gasteiger partial charge in [-0.15, -0.1) is 0 Å². The number of benzene rings is 2. The number of carbonyl (C=O) groups is 1. The standard InChI is InChI=1S/C28H26FN3O2S/c1-34-27(33)19-16-32(17-19)14-11-18-7-8-21(22(29)15-18)25-30-23-9-10-24(31-26(23)35-25)28(12-13-28)20-5-3-2-4-6-20/h2-10,15,19H,11-14,16-17H2,1H3. The SMILES string of the molecule is COC(=O)C1CN(CCc2ccc(-c3nc4ccc(C5(c6ccccc6)CC5)nc4s3)c(F)c2)C1. The summed E-state index contributed by atoms with van der Waals surface area (Å²) < 4.78 is 19.8. The normalized spacial score (nSPS) is 17.3. The third-order valence-electron chi connectivity index (χ3n) is 7.29. The van der Waals surface area contributed by atoms with Gasteiger partial charge in [0, 0.05) is 30.6 Å². The molecule has 7 heteroatoms. The van der Waals surface area contributed by atoms with Crippen molar-refractivity contribution in [1.29, 1.82) is 0 Å². The van der Waals surface area contributed by atoms with E-state index in [2.05, 4.69) is 40.2 Å². The number of rotatable bonds is 7. The molecule has 2 fully saturated rings. The van der Waals surface area contributed by atoms with Gasteiger partial charge >= 0.3 is 5.97 Å². The maximum atomic E-state index is 15.1. The van der Waals surface area contributed by atoms with Crippen LogP contribution in [0, 0.1) is 11.7 Å². The highest BCUT2D eigenvalue weighted by Crippen LogP contribution is 2.53. The summed E-state index contributed by atoms with van der Waals surface area (Å²) in [6, 6.07) is 20.0. The maximum Gasteiger partial charge on any atom is 0.311 e. The molecule has 0 atom stereocenters. The van der Waals surface area contributed by atoms with Gasteiger partial charge in [0.05, 0.1) is 18.7 Å². The molecule has 1 saturated heterocycles. The van der Waals surface area contributed by atoms with Crippen LogP contribution in [-0.4, -0.2) is 47.6 Å². The lowest BCUT2D eigenvalue weighted by atomic mass is 9.92. The first-order valence-corrected chi connectivity index (χ1v) is 12.8. The second kappa shape index (κ2) is 8.81. The summed E-state index contributed by atoms with van der Waals surface area (Å²) in [5.74, 6) is -0.447. The van der Waals surface area contributed by atoms with Crippen molar-refractivity contribution in [2.75, 3.05) is 26.7 Å². The fraction of sp³-hybridized carbons (Fsp3) is 0.321. The van der Waals surface area contributed by atoms with Crippen molar-refractivity contribution in [2.24, 2.45) is 5.92 Å². The van der Waals surface area contributed by atoms with Gasteiger partial charge in [0.25, 0.3) is 0 Å². The molecule has 2 aromatic carbocycles. The highest BCUT2D eigenvalue weighted by Gasteiger charge is 2.47. The number of nitrogens with zero attached hydrogens (tertiary/aromatic N) is 3. The molecule has 6 rings (SSSR count). The molecule has 5 nitrogen and oxygen atoms in total. The van der Waals surface area contributed by atoms with Crippen LogP contribution in [0.3, 0.4) is 0 Å². The van der Waals surface area contributed by atoms with Crippen LogP contribution in [0.15, 0.2) is 60.7 Å². The van der Waals surface area contributed by atoms with Crippen LogP contribution in [0.1, 0.15) is 29.7 Å². The highest BCUT2D eigenvalue weighted by atomic mass is 32.1. The van der Waals surface area contributed by atoms with Crippen molar-refractivity contribution in [3.05, 3.63) is 83.3 Å². The molecule has 35 heavy (non-hydrogen) atoms. The summed E-state index contributed by atoms with van der Waals surface area (Å²) in [6.07, 6.45) is 2.92. The Morgan fingerprint density at radius 3 is 2.63 bits per heavy atom. The minimum atomic E-state index is -0.263. The van der Waals surface area contributed by atoms with Gasteiger partial charge < -0.3 is 9.64 Å². The molecule has 0 N–H and O–H groups in total. The number of pyridine rings is 1. The van der Waals surface area contributed by atoms with Gasteiger partial charge in [-0.3, -0.25) is 4.79 Å². The molecule has 0 radical (unpaired) electrons. The van der Waals surface area contributed by atoms with Gasteiger partial charge in [0.2, 0.25) is 0 Å². The molecule has 0 spiro atoms. The van der Waals surface area contributed by atoms with E-state index in [-0.39, 0.29) is 23.1 Å². The maximum absolute atomic E-state index is 15.1. The minimum absolute atomic E-state index is 0.000166. The number of halogens is 1. The van der Waals surface area contributed by atoms with Crippen molar-refractivity contribution < 1.29 is 13.9 Å². The van der Waals surface area contributed by atoms with Crippen LogP contribution in [0.25, 0.3) is 20.9 Å². The molecule has 3 heterocycles. The molecule has 0 bridgehead atoms. The van der Waals surface area contributed by atoms with Crippen molar-refractivity contribution in [3.8, 4) is 10.6 Å². The summed E-state index contributed by atoms with van der Waals surface area (Å²) in [5.41, 5.74) is 4.63. The van der Waals surface area contributed by atoms with E-state index in [9.17, 15) is 4.79 Å².